The predicted octanol–water partition coefficient (Wildman–Crippen LogP) is 2.66. The fourth-order valence-electron chi connectivity index (χ4n) is 1.20. The van der Waals surface area contributed by atoms with Crippen LogP contribution in [0.1, 0.15) is 6.92 Å². The van der Waals surface area contributed by atoms with Crippen molar-refractivity contribution in [1.29, 1.82) is 0 Å². The van der Waals surface area contributed by atoms with Crippen molar-refractivity contribution in [3.63, 3.8) is 0 Å². The predicted molar refractivity (Wildman–Crippen MR) is 65.0 cm³/mol. The van der Waals surface area contributed by atoms with Crippen LogP contribution >= 0.6 is 11.6 Å². The molecule has 0 bridgehead atoms. The second-order valence-electron chi connectivity index (χ2n) is 3.49. The number of carboxylic acid groups (broad SMARTS) is 1. The van der Waals surface area contributed by atoms with E-state index >= 15 is 0 Å². The lowest BCUT2D eigenvalue weighted by Crippen LogP contribution is -2.03. The number of ether oxygens (including phenoxy) is 1. The average Bonchev–Trinajstić information content (AvgIpc) is 2.26. The molecule has 0 aliphatic rings. The summed E-state index contributed by atoms with van der Waals surface area (Å²) in [4.78, 5) is 20.5. The number of aliphatic carboxylic acids is 1. The molecule has 0 spiro atoms. The van der Waals surface area contributed by atoms with E-state index in [1.54, 1.807) is 6.92 Å². The van der Waals surface area contributed by atoms with E-state index in [0.717, 1.165) is 6.08 Å². The van der Waals surface area contributed by atoms with Gasteiger partial charge in [-0.15, -0.1) is 0 Å². The van der Waals surface area contributed by atoms with Crippen molar-refractivity contribution >= 4 is 23.3 Å². The highest BCUT2D eigenvalue weighted by molar-refractivity contribution is 6.30. The van der Waals surface area contributed by atoms with E-state index < -0.39 is 10.9 Å². The van der Waals surface area contributed by atoms with E-state index in [-0.39, 0.29) is 23.1 Å². The Hall–Kier alpha value is -2.08. The van der Waals surface area contributed by atoms with Crippen LogP contribution in [0.2, 0.25) is 5.02 Å². The van der Waals surface area contributed by atoms with Crippen LogP contribution in [0.3, 0.4) is 0 Å². The van der Waals surface area contributed by atoms with Gasteiger partial charge in [-0.3, -0.25) is 10.1 Å². The molecule has 18 heavy (non-hydrogen) atoms. The van der Waals surface area contributed by atoms with E-state index in [0.29, 0.717) is 5.57 Å². The van der Waals surface area contributed by atoms with E-state index in [4.69, 9.17) is 21.4 Å². The Morgan fingerprint density at radius 1 is 1.61 bits per heavy atom. The lowest BCUT2D eigenvalue weighted by Gasteiger charge is -2.06. The number of benzene rings is 1. The van der Waals surface area contributed by atoms with Gasteiger partial charge in [0.05, 0.1) is 4.92 Å². The van der Waals surface area contributed by atoms with Crippen LogP contribution < -0.4 is 4.74 Å². The van der Waals surface area contributed by atoms with Gasteiger partial charge in [0.2, 0.25) is 0 Å². The number of rotatable bonds is 5. The van der Waals surface area contributed by atoms with Gasteiger partial charge < -0.3 is 9.84 Å². The second kappa shape index (κ2) is 6.02. The minimum absolute atomic E-state index is 0.0440. The summed E-state index contributed by atoms with van der Waals surface area (Å²) in [6.07, 6.45) is 0.974. The van der Waals surface area contributed by atoms with Crippen molar-refractivity contribution in [3.05, 3.63) is 45.0 Å². The molecule has 0 radical (unpaired) electrons. The average molecular weight is 272 g/mol. The molecule has 0 saturated heterocycles. The molecule has 0 aliphatic heterocycles. The maximum Gasteiger partial charge on any atom is 0.328 e. The van der Waals surface area contributed by atoms with E-state index in [1.807, 2.05) is 0 Å². The summed E-state index contributed by atoms with van der Waals surface area (Å²) in [6, 6.07) is 4.00. The molecular weight excluding hydrogens is 262 g/mol. The van der Waals surface area contributed by atoms with E-state index in [1.165, 1.54) is 18.2 Å². The zero-order valence-electron chi connectivity index (χ0n) is 9.42. The van der Waals surface area contributed by atoms with E-state index in [2.05, 4.69) is 0 Å². The molecule has 7 heteroatoms. The number of hydrogen-bond acceptors (Lipinski definition) is 4. The molecular formula is C11H10ClNO5. The molecule has 0 aromatic heterocycles. The van der Waals surface area contributed by atoms with E-state index in [9.17, 15) is 14.9 Å². The van der Waals surface area contributed by atoms with Gasteiger partial charge in [0, 0.05) is 17.2 Å². The number of nitrogens with zero attached hydrogens (tertiary/aromatic N) is 1. The Labute approximate surface area is 108 Å². The standard InChI is InChI=1S/C11H10ClNO5/c1-7(4-11(14)15)6-18-10-3-2-8(12)5-9(10)13(16)17/h2-5H,6H2,1H3,(H,14,15). The summed E-state index contributed by atoms with van der Waals surface area (Å²) < 4.78 is 5.18. The maximum atomic E-state index is 10.8. The first-order valence-electron chi connectivity index (χ1n) is 4.87. The number of carbonyl (C=O) groups is 1. The number of halogens is 1. The SMILES string of the molecule is CC(=CC(=O)O)COc1ccc(Cl)cc1[N+](=O)[O-]. The molecule has 0 aliphatic carbocycles. The lowest BCUT2D eigenvalue weighted by atomic mass is 10.3. The van der Waals surface area contributed by atoms with Crippen LogP contribution in [0, 0.1) is 10.1 Å². The quantitative estimate of drug-likeness (QED) is 0.505. The fourth-order valence-corrected chi connectivity index (χ4v) is 1.37. The number of hydrogen-bond donors (Lipinski definition) is 1. The van der Waals surface area contributed by atoms with Gasteiger partial charge in [-0.05, 0) is 24.6 Å². The van der Waals surface area contributed by atoms with Crippen molar-refractivity contribution in [2.75, 3.05) is 6.61 Å². The topological polar surface area (TPSA) is 89.7 Å². The lowest BCUT2D eigenvalue weighted by molar-refractivity contribution is -0.385. The molecule has 0 unspecified atom stereocenters. The monoisotopic (exact) mass is 271 g/mol. The summed E-state index contributed by atoms with van der Waals surface area (Å²) >= 11 is 5.64. The van der Waals surface area contributed by atoms with Crippen molar-refractivity contribution < 1.29 is 19.6 Å². The Kier molecular flexibility index (Phi) is 4.67. The summed E-state index contributed by atoms with van der Waals surface area (Å²) in [5.41, 5.74) is 0.178. The Morgan fingerprint density at radius 2 is 2.28 bits per heavy atom. The van der Waals surface area contributed by atoms with Crippen LogP contribution in [0.4, 0.5) is 5.69 Å². The Bertz CT molecular complexity index is 512. The first-order valence-corrected chi connectivity index (χ1v) is 5.25. The zero-order valence-corrected chi connectivity index (χ0v) is 10.2. The number of nitro benzene ring substituents is 1. The highest BCUT2D eigenvalue weighted by atomic mass is 35.5. The van der Waals surface area contributed by atoms with Gasteiger partial charge >= 0.3 is 11.7 Å². The van der Waals surface area contributed by atoms with Gasteiger partial charge in [0.15, 0.2) is 5.75 Å². The van der Waals surface area contributed by atoms with Gasteiger partial charge in [0.1, 0.15) is 6.61 Å². The minimum Gasteiger partial charge on any atom is -0.482 e. The van der Waals surface area contributed by atoms with Crippen molar-refractivity contribution in [1.82, 2.24) is 0 Å². The van der Waals surface area contributed by atoms with Gasteiger partial charge in [-0.25, -0.2) is 4.79 Å². The molecule has 1 aromatic carbocycles. The fraction of sp³-hybridized carbons (Fsp3) is 0.182. The molecule has 1 N–H and O–H groups in total. The van der Waals surface area contributed by atoms with Crippen LogP contribution in [-0.4, -0.2) is 22.6 Å². The smallest absolute Gasteiger partial charge is 0.328 e. The van der Waals surface area contributed by atoms with Gasteiger partial charge in [0.25, 0.3) is 0 Å². The molecule has 6 nitrogen and oxygen atoms in total. The molecule has 1 rings (SSSR count). The van der Waals surface area contributed by atoms with Crippen LogP contribution in [0.25, 0.3) is 0 Å². The van der Waals surface area contributed by atoms with Gasteiger partial charge in [-0.1, -0.05) is 11.6 Å². The molecule has 1 aromatic rings. The maximum absolute atomic E-state index is 10.8. The normalized spacial score (nSPS) is 11.1. The highest BCUT2D eigenvalue weighted by Crippen LogP contribution is 2.30. The molecule has 0 amide bonds. The van der Waals surface area contributed by atoms with Crippen LogP contribution in [0.5, 0.6) is 5.75 Å². The second-order valence-corrected chi connectivity index (χ2v) is 3.92. The van der Waals surface area contributed by atoms with Crippen LogP contribution in [-0.2, 0) is 4.79 Å². The zero-order chi connectivity index (χ0) is 13.7. The van der Waals surface area contributed by atoms with Crippen molar-refractivity contribution in [2.24, 2.45) is 0 Å². The van der Waals surface area contributed by atoms with Crippen molar-refractivity contribution in [2.45, 2.75) is 6.92 Å². The third-order valence-corrected chi connectivity index (χ3v) is 2.18. The summed E-state index contributed by atoms with van der Waals surface area (Å²) in [5.74, 6) is -1.05. The van der Waals surface area contributed by atoms with Gasteiger partial charge in [-0.2, -0.15) is 0 Å². The molecule has 0 heterocycles. The minimum atomic E-state index is -1.10. The summed E-state index contributed by atoms with van der Waals surface area (Å²) in [6.45, 7) is 1.50. The third kappa shape index (κ3) is 4.06. The summed E-state index contributed by atoms with van der Waals surface area (Å²) in [5, 5.41) is 19.5. The molecule has 0 saturated carbocycles. The number of carboxylic acids is 1. The number of nitro groups is 1. The largest absolute Gasteiger partial charge is 0.482 e. The van der Waals surface area contributed by atoms with Crippen LogP contribution in [0.15, 0.2) is 29.8 Å². The highest BCUT2D eigenvalue weighted by Gasteiger charge is 2.15. The Balaban J connectivity index is 2.85. The Morgan fingerprint density at radius 3 is 2.83 bits per heavy atom. The first kappa shape index (κ1) is 14.0. The van der Waals surface area contributed by atoms with Crippen molar-refractivity contribution in [3.8, 4) is 5.75 Å². The molecule has 0 fully saturated rings. The third-order valence-electron chi connectivity index (χ3n) is 1.94. The molecule has 0 atom stereocenters. The molecule has 96 valence electrons. The first-order chi connectivity index (χ1) is 8.40. The summed E-state index contributed by atoms with van der Waals surface area (Å²) in [7, 11) is 0.